The highest BCUT2D eigenvalue weighted by atomic mass is 16.5. The monoisotopic (exact) mass is 274 g/mol. The molecule has 110 valence electrons. The van der Waals surface area contributed by atoms with Crippen LogP contribution in [-0.4, -0.2) is 36.4 Å². The first-order chi connectivity index (χ1) is 9.88. The molecule has 1 aromatic carbocycles. The summed E-state index contributed by atoms with van der Waals surface area (Å²) in [6.07, 6.45) is 8.99. The quantitative estimate of drug-likeness (QED) is 0.642. The molecular formula is C17H26N2O. The Balaban J connectivity index is 1.51. The summed E-state index contributed by atoms with van der Waals surface area (Å²) in [6, 6.07) is 10.6. The van der Waals surface area contributed by atoms with E-state index in [0.29, 0.717) is 6.73 Å². The SMILES string of the molecule is CCCCN1C=CN(COCCCc2ccccc2)C1. The van der Waals surface area contributed by atoms with Gasteiger partial charge >= 0.3 is 0 Å². The largest absolute Gasteiger partial charge is 0.361 e. The number of ether oxygens (including phenoxy) is 1. The van der Waals surface area contributed by atoms with Crippen LogP contribution in [0.2, 0.25) is 0 Å². The maximum atomic E-state index is 5.74. The Morgan fingerprint density at radius 2 is 1.85 bits per heavy atom. The summed E-state index contributed by atoms with van der Waals surface area (Å²) in [6.45, 7) is 5.88. The van der Waals surface area contributed by atoms with Crippen LogP contribution in [0.4, 0.5) is 0 Å². The van der Waals surface area contributed by atoms with Crippen molar-refractivity contribution in [2.24, 2.45) is 0 Å². The summed E-state index contributed by atoms with van der Waals surface area (Å²) < 4.78 is 5.74. The predicted molar refractivity (Wildman–Crippen MR) is 83.0 cm³/mol. The van der Waals surface area contributed by atoms with Gasteiger partial charge in [-0.2, -0.15) is 0 Å². The molecular weight excluding hydrogens is 248 g/mol. The van der Waals surface area contributed by atoms with Crippen molar-refractivity contribution in [1.82, 2.24) is 9.80 Å². The van der Waals surface area contributed by atoms with Crippen molar-refractivity contribution in [3.63, 3.8) is 0 Å². The van der Waals surface area contributed by atoms with E-state index in [2.05, 4.69) is 59.5 Å². The molecule has 0 bridgehead atoms. The molecule has 0 aromatic heterocycles. The fourth-order valence-corrected chi connectivity index (χ4v) is 2.31. The van der Waals surface area contributed by atoms with Crippen LogP contribution in [0.15, 0.2) is 42.7 Å². The maximum Gasteiger partial charge on any atom is 0.119 e. The van der Waals surface area contributed by atoms with Crippen molar-refractivity contribution in [2.45, 2.75) is 32.6 Å². The van der Waals surface area contributed by atoms with E-state index in [4.69, 9.17) is 4.74 Å². The van der Waals surface area contributed by atoms with Crippen LogP contribution in [0, 0.1) is 0 Å². The van der Waals surface area contributed by atoms with Crippen LogP contribution in [0.25, 0.3) is 0 Å². The van der Waals surface area contributed by atoms with Crippen LogP contribution in [-0.2, 0) is 11.2 Å². The second kappa shape index (κ2) is 8.64. The lowest BCUT2D eigenvalue weighted by atomic mass is 10.1. The molecule has 2 rings (SSSR count). The zero-order chi connectivity index (χ0) is 14.0. The van der Waals surface area contributed by atoms with Gasteiger partial charge in [-0.05, 0) is 24.8 Å². The first-order valence-corrected chi connectivity index (χ1v) is 7.66. The van der Waals surface area contributed by atoms with Gasteiger partial charge in [-0.15, -0.1) is 0 Å². The van der Waals surface area contributed by atoms with E-state index < -0.39 is 0 Å². The van der Waals surface area contributed by atoms with E-state index in [1.165, 1.54) is 18.4 Å². The van der Waals surface area contributed by atoms with Crippen molar-refractivity contribution >= 4 is 0 Å². The molecule has 0 amide bonds. The maximum absolute atomic E-state index is 5.74. The van der Waals surface area contributed by atoms with Crippen LogP contribution in [0.5, 0.6) is 0 Å². The van der Waals surface area contributed by atoms with Crippen molar-refractivity contribution in [2.75, 3.05) is 26.6 Å². The minimum absolute atomic E-state index is 0.702. The molecule has 0 saturated heterocycles. The highest BCUT2D eigenvalue weighted by molar-refractivity contribution is 5.14. The van der Waals surface area contributed by atoms with Gasteiger partial charge in [0, 0.05) is 25.6 Å². The fraction of sp³-hybridized carbons (Fsp3) is 0.529. The molecule has 1 aliphatic heterocycles. The van der Waals surface area contributed by atoms with E-state index in [1.54, 1.807) is 0 Å². The lowest BCUT2D eigenvalue weighted by molar-refractivity contribution is 0.0434. The molecule has 3 nitrogen and oxygen atoms in total. The van der Waals surface area contributed by atoms with Crippen LogP contribution >= 0.6 is 0 Å². The van der Waals surface area contributed by atoms with E-state index in [1.807, 2.05) is 0 Å². The van der Waals surface area contributed by atoms with Gasteiger partial charge in [0.15, 0.2) is 0 Å². The fourth-order valence-electron chi connectivity index (χ4n) is 2.31. The third kappa shape index (κ3) is 5.25. The average Bonchev–Trinajstić information content (AvgIpc) is 2.94. The third-order valence-corrected chi connectivity index (χ3v) is 3.50. The summed E-state index contributed by atoms with van der Waals surface area (Å²) in [4.78, 5) is 4.56. The van der Waals surface area contributed by atoms with Crippen molar-refractivity contribution in [1.29, 1.82) is 0 Å². The van der Waals surface area contributed by atoms with Gasteiger partial charge in [0.1, 0.15) is 6.73 Å². The van der Waals surface area contributed by atoms with Gasteiger partial charge in [0.05, 0.1) is 6.67 Å². The zero-order valence-corrected chi connectivity index (χ0v) is 12.5. The van der Waals surface area contributed by atoms with E-state index in [0.717, 1.165) is 32.7 Å². The molecule has 1 aliphatic rings. The van der Waals surface area contributed by atoms with Crippen molar-refractivity contribution in [3.05, 3.63) is 48.3 Å². The Bertz CT molecular complexity index is 391. The molecule has 1 aromatic rings. The molecule has 0 saturated carbocycles. The van der Waals surface area contributed by atoms with Crippen molar-refractivity contribution < 1.29 is 4.74 Å². The van der Waals surface area contributed by atoms with Crippen LogP contribution in [0.1, 0.15) is 31.7 Å². The number of rotatable bonds is 9. The summed E-state index contributed by atoms with van der Waals surface area (Å²) in [5.41, 5.74) is 1.39. The topological polar surface area (TPSA) is 15.7 Å². The standard InChI is InChI=1S/C17H26N2O/c1-2-3-11-18-12-13-19(15-18)16-20-14-7-10-17-8-5-4-6-9-17/h4-6,8-9,12-13H,2-3,7,10-11,14-16H2,1H3. The first kappa shape index (κ1) is 14.9. The summed E-state index contributed by atoms with van der Waals surface area (Å²) >= 11 is 0. The third-order valence-electron chi connectivity index (χ3n) is 3.50. The normalized spacial score (nSPS) is 14.2. The average molecular weight is 274 g/mol. The number of aryl methyl sites for hydroxylation is 1. The Morgan fingerprint density at radius 3 is 2.65 bits per heavy atom. The Hall–Kier alpha value is -1.48. The molecule has 0 atom stereocenters. The summed E-state index contributed by atoms with van der Waals surface area (Å²) in [5.74, 6) is 0. The van der Waals surface area contributed by atoms with Gasteiger partial charge in [-0.3, -0.25) is 0 Å². The minimum atomic E-state index is 0.702. The molecule has 0 N–H and O–H groups in total. The van der Waals surface area contributed by atoms with Gasteiger partial charge in [-0.1, -0.05) is 43.7 Å². The number of hydrogen-bond acceptors (Lipinski definition) is 3. The molecule has 0 spiro atoms. The molecule has 0 aliphatic carbocycles. The number of unbranched alkanes of at least 4 members (excludes halogenated alkanes) is 1. The van der Waals surface area contributed by atoms with Gasteiger partial charge in [-0.25, -0.2) is 0 Å². The Morgan fingerprint density at radius 1 is 1.05 bits per heavy atom. The number of benzene rings is 1. The minimum Gasteiger partial charge on any atom is -0.361 e. The number of nitrogens with zero attached hydrogens (tertiary/aromatic N) is 2. The molecule has 0 fully saturated rings. The highest BCUT2D eigenvalue weighted by Crippen LogP contribution is 2.08. The Labute approximate surface area is 122 Å². The highest BCUT2D eigenvalue weighted by Gasteiger charge is 2.10. The predicted octanol–water partition coefficient (Wildman–Crippen LogP) is 3.44. The summed E-state index contributed by atoms with van der Waals surface area (Å²) in [7, 11) is 0. The van der Waals surface area contributed by atoms with E-state index >= 15 is 0 Å². The lowest BCUT2D eigenvalue weighted by Crippen LogP contribution is -2.27. The smallest absolute Gasteiger partial charge is 0.119 e. The second-order valence-electron chi connectivity index (χ2n) is 5.32. The molecule has 20 heavy (non-hydrogen) atoms. The van der Waals surface area contributed by atoms with Gasteiger partial charge < -0.3 is 14.5 Å². The van der Waals surface area contributed by atoms with E-state index in [-0.39, 0.29) is 0 Å². The Kier molecular flexibility index (Phi) is 6.45. The van der Waals surface area contributed by atoms with Gasteiger partial charge in [0.25, 0.3) is 0 Å². The molecule has 1 heterocycles. The lowest BCUT2D eigenvalue weighted by Gasteiger charge is -2.21. The molecule has 3 heteroatoms. The first-order valence-electron chi connectivity index (χ1n) is 7.66. The second-order valence-corrected chi connectivity index (χ2v) is 5.32. The zero-order valence-electron chi connectivity index (χ0n) is 12.5. The van der Waals surface area contributed by atoms with Gasteiger partial charge in [0.2, 0.25) is 0 Å². The van der Waals surface area contributed by atoms with E-state index in [9.17, 15) is 0 Å². The number of hydrogen-bond donors (Lipinski definition) is 0. The van der Waals surface area contributed by atoms with Crippen LogP contribution < -0.4 is 0 Å². The summed E-state index contributed by atoms with van der Waals surface area (Å²) in [5, 5.41) is 0. The van der Waals surface area contributed by atoms with Crippen molar-refractivity contribution in [3.8, 4) is 0 Å². The van der Waals surface area contributed by atoms with Crippen LogP contribution in [0.3, 0.4) is 0 Å². The molecule has 0 radical (unpaired) electrons. The molecule has 0 unspecified atom stereocenters.